The summed E-state index contributed by atoms with van der Waals surface area (Å²) in [5, 5.41) is 4.30. The molecular weight excluding hydrogens is 300 g/mol. The van der Waals surface area contributed by atoms with Gasteiger partial charge in [0.05, 0.1) is 5.71 Å². The fourth-order valence-corrected chi connectivity index (χ4v) is 2.85. The monoisotopic (exact) mass is 322 g/mol. The molecule has 124 valence electrons. The molecule has 1 aliphatic rings. The Balaban J connectivity index is 1.55. The maximum atomic E-state index is 12.0. The van der Waals surface area contributed by atoms with Gasteiger partial charge in [0.25, 0.3) is 5.91 Å². The number of hydrogen-bond acceptors (Lipinski definition) is 3. The van der Waals surface area contributed by atoms with Crippen LogP contribution < -0.4 is 10.2 Å². The Bertz CT molecular complexity index is 736. The molecule has 4 heteroatoms. The van der Waals surface area contributed by atoms with Crippen molar-refractivity contribution in [3.05, 3.63) is 65.2 Å². The maximum absolute atomic E-state index is 12.0. The van der Waals surface area contributed by atoms with Crippen molar-refractivity contribution in [3.8, 4) is 5.75 Å². The molecule has 0 saturated heterocycles. The highest BCUT2D eigenvalue weighted by Crippen LogP contribution is 2.21. The van der Waals surface area contributed by atoms with Crippen molar-refractivity contribution in [2.75, 3.05) is 6.61 Å². The van der Waals surface area contributed by atoms with Crippen molar-refractivity contribution in [2.45, 2.75) is 32.6 Å². The number of hydrazone groups is 1. The molecule has 24 heavy (non-hydrogen) atoms. The number of nitrogens with one attached hydrogen (secondary N) is 1. The molecule has 2 aromatic carbocycles. The minimum atomic E-state index is -0.245. The number of carbonyl (C=O) groups is 1. The summed E-state index contributed by atoms with van der Waals surface area (Å²) in [5.41, 5.74) is 7.23. The maximum Gasteiger partial charge on any atom is 0.277 e. The minimum Gasteiger partial charge on any atom is -0.484 e. The number of ether oxygens (including phenoxy) is 1. The highest BCUT2D eigenvalue weighted by Gasteiger charge is 2.15. The Morgan fingerprint density at radius 2 is 1.92 bits per heavy atom. The molecule has 0 aliphatic heterocycles. The van der Waals surface area contributed by atoms with E-state index in [1.165, 1.54) is 11.1 Å². The number of rotatable bonds is 5. The zero-order valence-electron chi connectivity index (χ0n) is 13.9. The van der Waals surface area contributed by atoms with Crippen LogP contribution in [0.2, 0.25) is 0 Å². The SMILES string of the molecule is CCc1ccc(OCC(=O)NN=C2CCCc3ccccc32)cc1. The van der Waals surface area contributed by atoms with Gasteiger partial charge in [0.2, 0.25) is 0 Å². The largest absolute Gasteiger partial charge is 0.484 e. The number of hydrogen-bond donors (Lipinski definition) is 1. The first-order valence-corrected chi connectivity index (χ1v) is 8.41. The number of fused-ring (bicyclic) bond motifs is 1. The van der Waals surface area contributed by atoms with Crippen LogP contribution in [0.3, 0.4) is 0 Å². The summed E-state index contributed by atoms with van der Waals surface area (Å²) in [7, 11) is 0. The summed E-state index contributed by atoms with van der Waals surface area (Å²) >= 11 is 0. The Morgan fingerprint density at radius 1 is 1.12 bits per heavy atom. The molecule has 0 atom stereocenters. The molecule has 2 aromatic rings. The molecule has 3 rings (SSSR count). The van der Waals surface area contributed by atoms with E-state index in [0.29, 0.717) is 5.75 Å². The second-order valence-electron chi connectivity index (χ2n) is 5.89. The highest BCUT2D eigenvalue weighted by molar-refractivity contribution is 6.03. The Morgan fingerprint density at radius 3 is 2.71 bits per heavy atom. The predicted octanol–water partition coefficient (Wildman–Crippen LogP) is 3.48. The van der Waals surface area contributed by atoms with E-state index >= 15 is 0 Å². The summed E-state index contributed by atoms with van der Waals surface area (Å²) in [4.78, 5) is 12.0. The topological polar surface area (TPSA) is 50.7 Å². The average Bonchev–Trinajstić information content (AvgIpc) is 2.65. The summed E-state index contributed by atoms with van der Waals surface area (Å²) in [5.74, 6) is 0.447. The number of carbonyl (C=O) groups excluding carboxylic acids is 1. The molecule has 0 bridgehead atoms. The average molecular weight is 322 g/mol. The lowest BCUT2D eigenvalue weighted by molar-refractivity contribution is -0.123. The van der Waals surface area contributed by atoms with Gasteiger partial charge in [0, 0.05) is 5.56 Å². The summed E-state index contributed by atoms with van der Waals surface area (Å²) in [6.45, 7) is 2.07. The van der Waals surface area contributed by atoms with E-state index in [1.54, 1.807) is 0 Å². The van der Waals surface area contributed by atoms with E-state index < -0.39 is 0 Å². The lowest BCUT2D eigenvalue weighted by Gasteiger charge is -2.17. The van der Waals surface area contributed by atoms with Gasteiger partial charge in [-0.1, -0.05) is 43.3 Å². The Hall–Kier alpha value is -2.62. The fraction of sp³-hybridized carbons (Fsp3) is 0.300. The van der Waals surface area contributed by atoms with Gasteiger partial charge in [-0.2, -0.15) is 5.10 Å². The minimum absolute atomic E-state index is 0.0378. The zero-order chi connectivity index (χ0) is 16.8. The van der Waals surface area contributed by atoms with E-state index in [4.69, 9.17) is 4.74 Å². The number of nitrogens with zero attached hydrogens (tertiary/aromatic N) is 1. The van der Waals surface area contributed by atoms with Gasteiger partial charge in [-0.25, -0.2) is 5.43 Å². The number of aryl methyl sites for hydroxylation is 2. The van der Waals surface area contributed by atoms with Gasteiger partial charge in [-0.15, -0.1) is 0 Å². The van der Waals surface area contributed by atoms with Crippen LogP contribution in [0.1, 0.15) is 36.5 Å². The molecule has 0 radical (unpaired) electrons. The van der Waals surface area contributed by atoms with E-state index in [2.05, 4.69) is 29.6 Å². The van der Waals surface area contributed by atoms with Crippen molar-refractivity contribution < 1.29 is 9.53 Å². The van der Waals surface area contributed by atoms with Gasteiger partial charge in [0.15, 0.2) is 6.61 Å². The molecule has 0 fully saturated rings. The Labute approximate surface area is 142 Å². The van der Waals surface area contributed by atoms with Gasteiger partial charge in [-0.05, 0) is 48.9 Å². The molecule has 0 saturated carbocycles. The first-order valence-electron chi connectivity index (χ1n) is 8.41. The van der Waals surface area contributed by atoms with E-state index in [1.807, 2.05) is 36.4 Å². The molecule has 0 aromatic heterocycles. The van der Waals surface area contributed by atoms with Crippen LogP contribution in [0.5, 0.6) is 5.75 Å². The van der Waals surface area contributed by atoms with Crippen LogP contribution in [0.15, 0.2) is 53.6 Å². The van der Waals surface area contributed by atoms with Gasteiger partial charge in [0.1, 0.15) is 5.75 Å². The molecular formula is C20H22N2O2. The van der Waals surface area contributed by atoms with Crippen LogP contribution >= 0.6 is 0 Å². The van der Waals surface area contributed by atoms with Crippen LogP contribution in [0, 0.1) is 0 Å². The van der Waals surface area contributed by atoms with Crippen molar-refractivity contribution in [3.63, 3.8) is 0 Å². The summed E-state index contributed by atoms with van der Waals surface area (Å²) in [6.07, 6.45) is 4.00. The van der Waals surface area contributed by atoms with Crippen LogP contribution in [-0.2, 0) is 17.6 Å². The zero-order valence-corrected chi connectivity index (χ0v) is 13.9. The van der Waals surface area contributed by atoms with Crippen LogP contribution in [-0.4, -0.2) is 18.2 Å². The Kier molecular flexibility index (Phi) is 5.26. The van der Waals surface area contributed by atoms with Crippen molar-refractivity contribution in [1.29, 1.82) is 0 Å². The van der Waals surface area contributed by atoms with Crippen molar-refractivity contribution in [1.82, 2.24) is 5.43 Å². The highest BCUT2D eigenvalue weighted by atomic mass is 16.5. The molecule has 1 amide bonds. The lowest BCUT2D eigenvalue weighted by atomic mass is 9.90. The third-order valence-electron chi connectivity index (χ3n) is 4.21. The standard InChI is InChI=1S/C20H22N2O2/c1-2-15-10-12-17(13-11-15)24-14-20(23)22-21-19-9-5-7-16-6-3-4-8-18(16)19/h3-4,6,8,10-13H,2,5,7,9,14H2,1H3,(H,22,23). The van der Waals surface area contributed by atoms with Gasteiger partial charge < -0.3 is 4.74 Å². The fourth-order valence-electron chi connectivity index (χ4n) is 2.85. The predicted molar refractivity (Wildman–Crippen MR) is 95.4 cm³/mol. The molecule has 0 spiro atoms. The van der Waals surface area contributed by atoms with Crippen molar-refractivity contribution >= 4 is 11.6 Å². The smallest absolute Gasteiger partial charge is 0.277 e. The first kappa shape index (κ1) is 16.2. The summed E-state index contributed by atoms with van der Waals surface area (Å²) in [6, 6.07) is 16.0. The third kappa shape index (κ3) is 4.02. The third-order valence-corrected chi connectivity index (χ3v) is 4.21. The number of benzene rings is 2. The molecule has 4 nitrogen and oxygen atoms in total. The summed E-state index contributed by atoms with van der Waals surface area (Å²) < 4.78 is 5.50. The van der Waals surface area contributed by atoms with Crippen LogP contribution in [0.4, 0.5) is 0 Å². The quantitative estimate of drug-likeness (QED) is 0.857. The van der Waals surface area contributed by atoms with Crippen molar-refractivity contribution in [2.24, 2.45) is 5.10 Å². The van der Waals surface area contributed by atoms with Crippen LogP contribution in [0.25, 0.3) is 0 Å². The molecule has 0 heterocycles. The second-order valence-corrected chi connectivity index (χ2v) is 5.89. The van der Waals surface area contributed by atoms with E-state index in [9.17, 15) is 4.79 Å². The van der Waals surface area contributed by atoms with Gasteiger partial charge >= 0.3 is 0 Å². The first-order chi connectivity index (χ1) is 11.8. The van der Waals surface area contributed by atoms with Gasteiger partial charge in [-0.3, -0.25) is 4.79 Å². The molecule has 1 aliphatic carbocycles. The van der Waals surface area contributed by atoms with E-state index in [0.717, 1.165) is 37.0 Å². The number of amides is 1. The second kappa shape index (κ2) is 7.77. The molecule has 0 unspecified atom stereocenters. The van der Waals surface area contributed by atoms with E-state index in [-0.39, 0.29) is 12.5 Å². The normalized spacial score (nSPS) is 15.0. The lowest BCUT2D eigenvalue weighted by Crippen LogP contribution is -2.26. The molecule has 1 N–H and O–H groups in total.